The highest BCUT2D eigenvalue weighted by Gasteiger charge is 2.41. The number of nitrogens with zero attached hydrogens (tertiary/aromatic N) is 1. The summed E-state index contributed by atoms with van der Waals surface area (Å²) in [7, 11) is 0. The van der Waals surface area contributed by atoms with Gasteiger partial charge >= 0.3 is 0 Å². The van der Waals surface area contributed by atoms with E-state index in [1.165, 1.54) is 20.9 Å². The van der Waals surface area contributed by atoms with Gasteiger partial charge < -0.3 is 0 Å². The van der Waals surface area contributed by atoms with Crippen LogP contribution in [0.1, 0.15) is 22.9 Å². The van der Waals surface area contributed by atoms with Gasteiger partial charge in [-0.1, -0.05) is 72.3 Å². The fraction of sp³-hybridized carbons (Fsp3) is 0.217. The molecule has 2 N–H and O–H groups in total. The molecule has 148 valence electrons. The van der Waals surface area contributed by atoms with E-state index in [0.717, 1.165) is 31.7 Å². The van der Waals surface area contributed by atoms with Crippen molar-refractivity contribution in [2.45, 2.75) is 19.3 Å². The van der Waals surface area contributed by atoms with Crippen LogP contribution < -0.4 is 9.80 Å². The number of hydrogen-bond acceptors (Lipinski definition) is 2. The molecule has 1 heterocycles. The molecule has 0 spiro atoms. The summed E-state index contributed by atoms with van der Waals surface area (Å²) < 4.78 is 0. The topological polar surface area (TPSA) is 52.0 Å². The number of benzene rings is 3. The van der Waals surface area contributed by atoms with Gasteiger partial charge in [-0.05, 0) is 12.1 Å². The summed E-state index contributed by atoms with van der Waals surface area (Å²) >= 11 is 6.07. The van der Waals surface area contributed by atoms with Gasteiger partial charge in [-0.3, -0.25) is 19.9 Å². The predicted molar refractivity (Wildman–Crippen MR) is 113 cm³/mol. The first-order valence-corrected chi connectivity index (χ1v) is 10.2. The first-order chi connectivity index (χ1) is 14.1. The van der Waals surface area contributed by atoms with Crippen molar-refractivity contribution in [2.24, 2.45) is 0 Å². The van der Waals surface area contributed by atoms with E-state index in [-0.39, 0.29) is 16.9 Å². The van der Waals surface area contributed by atoms with Crippen molar-refractivity contribution in [2.75, 3.05) is 13.1 Å². The SMILES string of the molecule is O=[N+]([O-])c1cc(C2[NH+](Cc3ccccc3)CC[NH+]2Cc2ccccc2)ccc1Cl. The van der Waals surface area contributed by atoms with Gasteiger partial charge in [0.25, 0.3) is 5.69 Å². The maximum absolute atomic E-state index is 11.4. The third kappa shape index (κ3) is 4.48. The predicted octanol–water partition coefficient (Wildman–Crippen LogP) is 2.43. The van der Waals surface area contributed by atoms with Crippen LogP contribution in [0.2, 0.25) is 5.02 Å². The third-order valence-electron chi connectivity index (χ3n) is 5.63. The minimum Gasteiger partial charge on any atom is -0.274 e. The smallest absolute Gasteiger partial charge is 0.274 e. The molecule has 1 fully saturated rings. The molecule has 29 heavy (non-hydrogen) atoms. The zero-order valence-corrected chi connectivity index (χ0v) is 16.8. The Labute approximate surface area is 175 Å². The molecule has 0 amide bonds. The summed E-state index contributed by atoms with van der Waals surface area (Å²) in [5.74, 6) is 0. The molecule has 0 aromatic heterocycles. The van der Waals surface area contributed by atoms with Crippen molar-refractivity contribution in [1.29, 1.82) is 0 Å². The number of rotatable bonds is 6. The Kier molecular flexibility index (Phi) is 5.90. The fourth-order valence-corrected chi connectivity index (χ4v) is 4.50. The molecule has 2 unspecified atom stereocenters. The Morgan fingerprint density at radius 1 is 0.862 bits per heavy atom. The molecule has 4 rings (SSSR count). The van der Waals surface area contributed by atoms with Gasteiger partial charge in [-0.15, -0.1) is 0 Å². The van der Waals surface area contributed by atoms with Crippen LogP contribution in [0.25, 0.3) is 0 Å². The van der Waals surface area contributed by atoms with E-state index in [9.17, 15) is 10.1 Å². The monoisotopic (exact) mass is 409 g/mol. The van der Waals surface area contributed by atoms with E-state index in [1.807, 2.05) is 18.2 Å². The van der Waals surface area contributed by atoms with Crippen molar-refractivity contribution in [1.82, 2.24) is 0 Å². The molecule has 1 aliphatic heterocycles. The summed E-state index contributed by atoms with van der Waals surface area (Å²) in [4.78, 5) is 13.9. The zero-order chi connectivity index (χ0) is 20.2. The fourth-order valence-electron chi connectivity index (χ4n) is 4.32. The highest BCUT2D eigenvalue weighted by molar-refractivity contribution is 6.32. The first kappa shape index (κ1) is 19.6. The average molecular weight is 410 g/mol. The summed E-state index contributed by atoms with van der Waals surface area (Å²) in [5, 5.41) is 11.6. The van der Waals surface area contributed by atoms with Crippen molar-refractivity contribution in [3.8, 4) is 0 Å². The summed E-state index contributed by atoms with van der Waals surface area (Å²) in [6.07, 6.45) is 0.117. The van der Waals surface area contributed by atoms with E-state index in [2.05, 4.69) is 48.5 Å². The molecule has 3 aromatic rings. The first-order valence-electron chi connectivity index (χ1n) is 9.82. The van der Waals surface area contributed by atoms with Gasteiger partial charge in [0, 0.05) is 17.2 Å². The van der Waals surface area contributed by atoms with Gasteiger partial charge in [0.2, 0.25) is 6.17 Å². The maximum atomic E-state index is 11.4. The van der Waals surface area contributed by atoms with Crippen molar-refractivity contribution in [3.05, 3.63) is 111 Å². The Morgan fingerprint density at radius 3 is 1.86 bits per heavy atom. The highest BCUT2D eigenvalue weighted by Crippen LogP contribution is 2.26. The lowest BCUT2D eigenvalue weighted by molar-refractivity contribution is -1.09. The van der Waals surface area contributed by atoms with Crippen LogP contribution in [0.15, 0.2) is 78.9 Å². The van der Waals surface area contributed by atoms with Crippen LogP contribution in [0, 0.1) is 10.1 Å². The Morgan fingerprint density at radius 2 is 1.38 bits per heavy atom. The van der Waals surface area contributed by atoms with Crippen molar-refractivity contribution in [3.63, 3.8) is 0 Å². The number of nitro benzene ring substituents is 1. The number of nitrogens with one attached hydrogen (secondary N) is 2. The van der Waals surface area contributed by atoms with Crippen LogP contribution in [0.3, 0.4) is 0 Å². The number of quaternary nitrogens is 2. The van der Waals surface area contributed by atoms with E-state index in [4.69, 9.17) is 11.6 Å². The van der Waals surface area contributed by atoms with Crippen LogP contribution >= 0.6 is 11.6 Å². The average Bonchev–Trinajstić information content (AvgIpc) is 3.11. The van der Waals surface area contributed by atoms with Crippen LogP contribution in [-0.2, 0) is 13.1 Å². The molecule has 2 atom stereocenters. The van der Waals surface area contributed by atoms with Crippen molar-refractivity contribution >= 4 is 17.3 Å². The molecule has 0 bridgehead atoms. The molecule has 0 radical (unpaired) electrons. The van der Waals surface area contributed by atoms with Crippen molar-refractivity contribution < 1.29 is 14.7 Å². The molecular weight excluding hydrogens is 386 g/mol. The highest BCUT2D eigenvalue weighted by atomic mass is 35.5. The maximum Gasteiger partial charge on any atom is 0.288 e. The minimum absolute atomic E-state index is 0.0193. The lowest BCUT2D eigenvalue weighted by atomic mass is 10.1. The minimum atomic E-state index is -0.394. The standard InChI is InChI=1S/C23H22ClN3O2/c24-21-12-11-20(15-22(21)27(28)29)23-25(16-18-7-3-1-4-8-18)13-14-26(23)17-19-9-5-2-6-10-19/h1-12,15,23H,13-14,16-17H2/p+2. The Hall–Kier alpha value is -2.73. The second-order valence-corrected chi connectivity index (χ2v) is 7.95. The van der Waals surface area contributed by atoms with Gasteiger partial charge in [-0.2, -0.15) is 0 Å². The van der Waals surface area contributed by atoms with Gasteiger partial charge in [-0.25, -0.2) is 0 Å². The molecule has 0 saturated carbocycles. The van der Waals surface area contributed by atoms with E-state index in [1.54, 1.807) is 12.1 Å². The lowest BCUT2D eigenvalue weighted by Gasteiger charge is -2.25. The summed E-state index contributed by atoms with van der Waals surface area (Å²) in [6, 6.07) is 26.1. The van der Waals surface area contributed by atoms with Gasteiger partial charge in [0.1, 0.15) is 31.2 Å². The van der Waals surface area contributed by atoms with E-state index in [0.29, 0.717) is 0 Å². The molecule has 0 aliphatic carbocycles. The molecule has 3 aromatic carbocycles. The quantitative estimate of drug-likeness (QED) is 0.485. The Bertz CT molecular complexity index is 932. The van der Waals surface area contributed by atoms with E-state index >= 15 is 0 Å². The van der Waals surface area contributed by atoms with E-state index < -0.39 is 4.92 Å². The molecule has 1 saturated heterocycles. The van der Waals surface area contributed by atoms with Crippen LogP contribution in [-0.4, -0.2) is 18.0 Å². The number of nitro groups is 1. The summed E-state index contributed by atoms with van der Waals surface area (Å²) in [5.41, 5.74) is 3.50. The third-order valence-corrected chi connectivity index (χ3v) is 5.95. The zero-order valence-electron chi connectivity index (χ0n) is 16.1. The largest absolute Gasteiger partial charge is 0.288 e. The molecule has 5 nitrogen and oxygen atoms in total. The van der Waals surface area contributed by atoms with Crippen LogP contribution in [0.4, 0.5) is 5.69 Å². The number of halogens is 1. The molecular formula is C23H24ClN3O2+2. The summed E-state index contributed by atoms with van der Waals surface area (Å²) in [6.45, 7) is 3.80. The second-order valence-electron chi connectivity index (χ2n) is 7.54. The van der Waals surface area contributed by atoms with Gasteiger partial charge in [0.15, 0.2) is 0 Å². The van der Waals surface area contributed by atoms with Crippen LogP contribution in [0.5, 0.6) is 0 Å². The van der Waals surface area contributed by atoms with Gasteiger partial charge in [0.05, 0.1) is 10.5 Å². The molecule has 6 heteroatoms. The molecule has 1 aliphatic rings. The normalized spacial score (nSPS) is 21.2. The Balaban J connectivity index is 1.67. The lowest BCUT2D eigenvalue weighted by Crippen LogP contribution is -3.22. The number of hydrogen-bond donors (Lipinski definition) is 2. The second kappa shape index (κ2) is 8.74.